The predicted molar refractivity (Wildman–Crippen MR) is 124 cm³/mol. The van der Waals surface area contributed by atoms with Crippen LogP contribution >= 0.6 is 0 Å². The van der Waals surface area contributed by atoms with Gasteiger partial charge in [-0.2, -0.15) is 5.26 Å². The molecule has 30 heavy (non-hydrogen) atoms. The van der Waals surface area contributed by atoms with Crippen LogP contribution in [0.2, 0.25) is 0 Å². The number of nitriles is 1. The summed E-state index contributed by atoms with van der Waals surface area (Å²) in [7, 11) is 0. The molecule has 0 aliphatic heterocycles. The number of rotatable bonds is 8. The average molecular weight is 398 g/mol. The molecule has 0 fully saturated rings. The van der Waals surface area contributed by atoms with E-state index < -0.39 is 0 Å². The second-order valence-corrected chi connectivity index (χ2v) is 8.73. The zero-order valence-corrected chi connectivity index (χ0v) is 18.5. The fourth-order valence-electron chi connectivity index (χ4n) is 3.85. The third kappa shape index (κ3) is 5.54. The molecule has 0 bridgehead atoms. The predicted octanol–water partition coefficient (Wildman–Crippen LogP) is 6.98. The summed E-state index contributed by atoms with van der Waals surface area (Å²) in [6.07, 6.45) is 11.2. The van der Waals surface area contributed by atoms with Gasteiger partial charge in [0, 0.05) is 42.3 Å². The molecule has 3 heteroatoms. The van der Waals surface area contributed by atoms with Crippen LogP contribution in [0, 0.1) is 17.2 Å². The topological polar surface area (TPSA) is 49.6 Å². The second kappa shape index (κ2) is 10.2. The Morgan fingerprint density at radius 1 is 0.833 bits per heavy atom. The molecule has 0 spiro atoms. The molecule has 3 nitrogen and oxygen atoms in total. The summed E-state index contributed by atoms with van der Waals surface area (Å²) in [5.41, 5.74) is 8.54. The Kier molecular flexibility index (Phi) is 7.36. The second-order valence-electron chi connectivity index (χ2n) is 8.73. The average Bonchev–Trinajstić information content (AvgIpc) is 2.73. The van der Waals surface area contributed by atoms with E-state index in [0.29, 0.717) is 18.3 Å². The molecule has 3 rings (SSSR count). The summed E-state index contributed by atoms with van der Waals surface area (Å²) in [5.74, 6) is 1.01. The third-order valence-electron chi connectivity index (χ3n) is 5.31. The molecule has 0 radical (unpaired) electrons. The summed E-state index contributed by atoms with van der Waals surface area (Å²) in [6, 6.07) is 13.4. The number of hydrogen-bond donors (Lipinski definition) is 0. The van der Waals surface area contributed by atoms with Crippen molar-refractivity contribution in [3.05, 3.63) is 71.8 Å². The first-order valence-electron chi connectivity index (χ1n) is 10.9. The SMILES string of the molecule is CC(C)Cc1cncc(-c2ccc(-c3cncc(CCCC#N)c3)c(C(C)C)c2)c1. The van der Waals surface area contributed by atoms with Crippen LogP contribution in [0.15, 0.2) is 55.1 Å². The zero-order chi connectivity index (χ0) is 21.5. The minimum absolute atomic E-state index is 0.397. The summed E-state index contributed by atoms with van der Waals surface area (Å²) in [5, 5.41) is 8.78. The maximum absolute atomic E-state index is 8.78. The largest absolute Gasteiger partial charge is 0.264 e. The van der Waals surface area contributed by atoms with Crippen LogP contribution in [-0.4, -0.2) is 9.97 Å². The van der Waals surface area contributed by atoms with E-state index in [1.807, 2.05) is 24.8 Å². The monoisotopic (exact) mass is 397 g/mol. The van der Waals surface area contributed by atoms with Gasteiger partial charge in [0.05, 0.1) is 6.07 Å². The lowest BCUT2D eigenvalue weighted by Gasteiger charge is -2.16. The fourth-order valence-corrected chi connectivity index (χ4v) is 3.85. The van der Waals surface area contributed by atoms with Crippen LogP contribution in [0.1, 0.15) is 63.1 Å². The summed E-state index contributed by atoms with van der Waals surface area (Å²) >= 11 is 0. The van der Waals surface area contributed by atoms with Crippen LogP contribution in [0.3, 0.4) is 0 Å². The number of pyridine rings is 2. The van der Waals surface area contributed by atoms with Gasteiger partial charge < -0.3 is 0 Å². The molecular formula is C27H31N3. The summed E-state index contributed by atoms with van der Waals surface area (Å²) in [6.45, 7) is 8.95. The van der Waals surface area contributed by atoms with Crippen molar-refractivity contribution in [3.8, 4) is 28.3 Å². The van der Waals surface area contributed by atoms with E-state index in [2.05, 4.69) is 74.1 Å². The quantitative estimate of drug-likeness (QED) is 0.385. The molecule has 0 amide bonds. The Labute approximate surface area is 180 Å². The highest BCUT2D eigenvalue weighted by Crippen LogP contribution is 2.33. The number of nitrogens with zero attached hydrogens (tertiary/aromatic N) is 3. The van der Waals surface area contributed by atoms with E-state index in [1.165, 1.54) is 33.4 Å². The molecule has 0 aliphatic carbocycles. The zero-order valence-electron chi connectivity index (χ0n) is 18.5. The molecule has 0 saturated heterocycles. The van der Waals surface area contributed by atoms with Crippen molar-refractivity contribution in [1.29, 1.82) is 5.26 Å². The van der Waals surface area contributed by atoms with Gasteiger partial charge in [0.2, 0.25) is 0 Å². The van der Waals surface area contributed by atoms with Gasteiger partial charge in [-0.15, -0.1) is 0 Å². The van der Waals surface area contributed by atoms with Gasteiger partial charge in [0.1, 0.15) is 0 Å². The minimum atomic E-state index is 0.397. The van der Waals surface area contributed by atoms with E-state index in [1.54, 1.807) is 0 Å². The number of aryl methyl sites for hydroxylation is 1. The molecule has 0 aliphatic rings. The van der Waals surface area contributed by atoms with Crippen LogP contribution in [-0.2, 0) is 12.8 Å². The lowest BCUT2D eigenvalue weighted by Crippen LogP contribution is -1.97. The summed E-state index contributed by atoms with van der Waals surface area (Å²) in [4.78, 5) is 8.95. The molecule has 1 aromatic carbocycles. The van der Waals surface area contributed by atoms with Crippen molar-refractivity contribution in [2.24, 2.45) is 5.92 Å². The van der Waals surface area contributed by atoms with Gasteiger partial charge in [-0.1, -0.05) is 45.9 Å². The lowest BCUT2D eigenvalue weighted by molar-refractivity contribution is 0.646. The fraction of sp³-hybridized carbons (Fsp3) is 0.370. The van der Waals surface area contributed by atoms with Gasteiger partial charge in [-0.3, -0.25) is 9.97 Å². The Balaban J connectivity index is 1.95. The molecule has 3 aromatic rings. The van der Waals surface area contributed by atoms with Crippen molar-refractivity contribution in [3.63, 3.8) is 0 Å². The Bertz CT molecular complexity index is 1030. The Morgan fingerprint density at radius 3 is 2.23 bits per heavy atom. The van der Waals surface area contributed by atoms with Gasteiger partial charge >= 0.3 is 0 Å². The standard InChI is InChI=1S/C27H31N3/c1-19(2)11-22-13-24(17-30-16-22)23-8-9-26(27(14-23)20(3)4)25-12-21(15-29-18-25)7-5-6-10-28/h8-9,12-20H,5-7,11H2,1-4H3. The van der Waals surface area contributed by atoms with E-state index in [-0.39, 0.29) is 0 Å². The molecule has 0 N–H and O–H groups in total. The van der Waals surface area contributed by atoms with Crippen molar-refractivity contribution < 1.29 is 0 Å². The molecule has 2 heterocycles. The van der Waals surface area contributed by atoms with Gasteiger partial charge in [0.25, 0.3) is 0 Å². The Hall–Kier alpha value is -2.99. The van der Waals surface area contributed by atoms with Gasteiger partial charge in [0.15, 0.2) is 0 Å². The van der Waals surface area contributed by atoms with Crippen LogP contribution in [0.5, 0.6) is 0 Å². The maximum Gasteiger partial charge on any atom is 0.0621 e. The van der Waals surface area contributed by atoms with Crippen molar-refractivity contribution in [2.75, 3.05) is 0 Å². The van der Waals surface area contributed by atoms with Crippen LogP contribution in [0.25, 0.3) is 22.3 Å². The highest BCUT2D eigenvalue weighted by atomic mass is 14.6. The van der Waals surface area contributed by atoms with E-state index >= 15 is 0 Å². The molecule has 0 unspecified atom stereocenters. The van der Waals surface area contributed by atoms with Crippen molar-refractivity contribution in [2.45, 2.75) is 59.3 Å². The number of unbranched alkanes of at least 4 members (excludes halogenated alkanes) is 1. The normalized spacial score (nSPS) is 11.1. The van der Waals surface area contributed by atoms with E-state index in [0.717, 1.165) is 24.8 Å². The highest BCUT2D eigenvalue weighted by molar-refractivity contribution is 5.74. The number of benzene rings is 1. The maximum atomic E-state index is 8.78. The first-order valence-corrected chi connectivity index (χ1v) is 10.9. The third-order valence-corrected chi connectivity index (χ3v) is 5.31. The van der Waals surface area contributed by atoms with Gasteiger partial charge in [-0.25, -0.2) is 0 Å². The van der Waals surface area contributed by atoms with Crippen LogP contribution in [0.4, 0.5) is 0 Å². The Morgan fingerprint density at radius 2 is 1.53 bits per heavy atom. The van der Waals surface area contributed by atoms with E-state index in [4.69, 9.17) is 5.26 Å². The molecule has 0 saturated carbocycles. The lowest BCUT2D eigenvalue weighted by atomic mass is 9.89. The first kappa shape index (κ1) is 21.7. The smallest absolute Gasteiger partial charge is 0.0621 e. The molecule has 2 aromatic heterocycles. The van der Waals surface area contributed by atoms with E-state index in [9.17, 15) is 0 Å². The number of hydrogen-bond acceptors (Lipinski definition) is 3. The van der Waals surface area contributed by atoms with Crippen molar-refractivity contribution >= 4 is 0 Å². The minimum Gasteiger partial charge on any atom is -0.264 e. The summed E-state index contributed by atoms with van der Waals surface area (Å²) < 4.78 is 0. The molecular weight excluding hydrogens is 366 g/mol. The molecule has 0 atom stereocenters. The highest BCUT2D eigenvalue weighted by Gasteiger charge is 2.12. The van der Waals surface area contributed by atoms with Crippen LogP contribution < -0.4 is 0 Å². The van der Waals surface area contributed by atoms with Crippen molar-refractivity contribution in [1.82, 2.24) is 9.97 Å². The first-order chi connectivity index (χ1) is 14.5. The van der Waals surface area contributed by atoms with Gasteiger partial charge in [-0.05, 0) is 71.0 Å². The molecule has 154 valence electrons. The number of aromatic nitrogens is 2.